The topological polar surface area (TPSA) is 55.9 Å². The van der Waals surface area contributed by atoms with Crippen molar-refractivity contribution in [3.63, 3.8) is 0 Å². The molecule has 3 aromatic rings. The van der Waals surface area contributed by atoms with E-state index in [1.54, 1.807) is 11.3 Å². The second-order valence-electron chi connectivity index (χ2n) is 5.73. The lowest BCUT2D eigenvalue weighted by Crippen LogP contribution is -2.30. The molecule has 0 bridgehead atoms. The van der Waals surface area contributed by atoms with Crippen LogP contribution in [-0.2, 0) is 13.5 Å². The van der Waals surface area contributed by atoms with Crippen LogP contribution in [-0.4, -0.2) is 22.4 Å². The quantitative estimate of drug-likeness (QED) is 0.729. The van der Waals surface area contributed by atoms with Crippen LogP contribution in [0.4, 0.5) is 5.00 Å². The molecule has 23 heavy (non-hydrogen) atoms. The Labute approximate surface area is 141 Å². The molecular weight excluding hydrogens is 304 g/mol. The Hall–Kier alpha value is -2.11. The van der Waals surface area contributed by atoms with E-state index in [2.05, 4.69) is 53.7 Å². The SMILES string of the molecule is Cc1cnn(C)c1-c1ccc(NC(CN)Cc2ccccc2)s1. The van der Waals surface area contributed by atoms with Gasteiger partial charge in [0.1, 0.15) is 0 Å². The van der Waals surface area contributed by atoms with Crippen LogP contribution >= 0.6 is 11.3 Å². The number of aryl methyl sites for hydroxylation is 2. The first-order chi connectivity index (χ1) is 11.2. The average Bonchev–Trinajstić information content (AvgIpc) is 3.14. The number of thiophene rings is 1. The van der Waals surface area contributed by atoms with Gasteiger partial charge >= 0.3 is 0 Å². The largest absolute Gasteiger partial charge is 0.373 e. The summed E-state index contributed by atoms with van der Waals surface area (Å²) in [4.78, 5) is 1.22. The minimum Gasteiger partial charge on any atom is -0.373 e. The van der Waals surface area contributed by atoms with Crippen molar-refractivity contribution in [3.05, 3.63) is 59.8 Å². The summed E-state index contributed by atoms with van der Waals surface area (Å²) < 4.78 is 1.93. The van der Waals surface area contributed by atoms with Gasteiger partial charge < -0.3 is 11.1 Å². The highest BCUT2D eigenvalue weighted by molar-refractivity contribution is 7.19. The van der Waals surface area contributed by atoms with Crippen molar-refractivity contribution in [1.29, 1.82) is 0 Å². The second kappa shape index (κ2) is 6.98. The van der Waals surface area contributed by atoms with E-state index in [0.29, 0.717) is 6.54 Å². The second-order valence-corrected chi connectivity index (χ2v) is 6.81. The fourth-order valence-electron chi connectivity index (χ4n) is 2.74. The molecule has 2 aromatic heterocycles. The van der Waals surface area contributed by atoms with Gasteiger partial charge in [-0.25, -0.2) is 0 Å². The van der Waals surface area contributed by atoms with Crippen LogP contribution in [0.25, 0.3) is 10.6 Å². The van der Waals surface area contributed by atoms with E-state index in [1.165, 1.54) is 21.7 Å². The number of rotatable bonds is 6. The van der Waals surface area contributed by atoms with E-state index in [1.807, 2.05) is 24.0 Å². The molecule has 0 saturated carbocycles. The van der Waals surface area contributed by atoms with Gasteiger partial charge in [-0.2, -0.15) is 5.10 Å². The number of nitrogens with two attached hydrogens (primary N) is 1. The van der Waals surface area contributed by atoms with Crippen molar-refractivity contribution >= 4 is 16.3 Å². The van der Waals surface area contributed by atoms with Gasteiger partial charge in [0.25, 0.3) is 0 Å². The predicted octanol–water partition coefficient (Wildman–Crippen LogP) is 3.44. The summed E-state index contributed by atoms with van der Waals surface area (Å²) in [6.45, 7) is 2.69. The lowest BCUT2D eigenvalue weighted by Gasteiger charge is -2.16. The number of anilines is 1. The molecule has 0 aliphatic carbocycles. The van der Waals surface area contributed by atoms with Crippen LogP contribution in [0.3, 0.4) is 0 Å². The van der Waals surface area contributed by atoms with Crippen molar-refractivity contribution in [1.82, 2.24) is 9.78 Å². The lowest BCUT2D eigenvalue weighted by molar-refractivity contribution is 0.726. The molecule has 0 aliphatic rings. The fraction of sp³-hybridized carbons (Fsp3) is 0.278. The molecule has 3 rings (SSSR count). The number of hydrogen-bond acceptors (Lipinski definition) is 4. The van der Waals surface area contributed by atoms with Gasteiger partial charge in [-0.1, -0.05) is 30.3 Å². The zero-order valence-electron chi connectivity index (χ0n) is 13.5. The first-order valence-electron chi connectivity index (χ1n) is 7.76. The number of nitrogens with one attached hydrogen (secondary N) is 1. The summed E-state index contributed by atoms with van der Waals surface area (Å²) in [7, 11) is 1.98. The van der Waals surface area contributed by atoms with Gasteiger partial charge in [-0.3, -0.25) is 4.68 Å². The van der Waals surface area contributed by atoms with E-state index in [4.69, 9.17) is 5.73 Å². The number of benzene rings is 1. The van der Waals surface area contributed by atoms with Gasteiger partial charge in [0.15, 0.2) is 0 Å². The number of aromatic nitrogens is 2. The molecule has 1 unspecified atom stereocenters. The highest BCUT2D eigenvalue weighted by Crippen LogP contribution is 2.33. The molecule has 3 N–H and O–H groups in total. The maximum Gasteiger partial charge on any atom is 0.0892 e. The highest BCUT2D eigenvalue weighted by atomic mass is 32.1. The summed E-state index contributed by atoms with van der Waals surface area (Å²) in [5.41, 5.74) is 9.62. The summed E-state index contributed by atoms with van der Waals surface area (Å²) in [6.07, 6.45) is 2.83. The Morgan fingerprint density at radius 2 is 2.00 bits per heavy atom. The normalized spacial score (nSPS) is 12.3. The van der Waals surface area contributed by atoms with Crippen molar-refractivity contribution in [3.8, 4) is 10.6 Å². The molecule has 1 aromatic carbocycles. The molecule has 120 valence electrons. The summed E-state index contributed by atoms with van der Waals surface area (Å²) in [5.74, 6) is 0. The summed E-state index contributed by atoms with van der Waals surface area (Å²) >= 11 is 1.75. The third-order valence-corrected chi connectivity index (χ3v) is 4.94. The molecular formula is C18H22N4S. The van der Waals surface area contributed by atoms with Gasteiger partial charge in [-0.15, -0.1) is 11.3 Å². The smallest absolute Gasteiger partial charge is 0.0892 e. The minimum atomic E-state index is 0.233. The third kappa shape index (κ3) is 3.63. The zero-order valence-corrected chi connectivity index (χ0v) is 14.3. The molecule has 0 saturated heterocycles. The van der Waals surface area contributed by atoms with Crippen LogP contribution < -0.4 is 11.1 Å². The Balaban J connectivity index is 1.73. The molecule has 0 radical (unpaired) electrons. The predicted molar refractivity (Wildman–Crippen MR) is 97.9 cm³/mol. The monoisotopic (exact) mass is 326 g/mol. The molecule has 0 spiro atoms. The maximum atomic E-state index is 5.95. The molecule has 0 fully saturated rings. The van der Waals surface area contributed by atoms with Gasteiger partial charge in [0.2, 0.25) is 0 Å². The summed E-state index contributed by atoms with van der Waals surface area (Å²) in [5, 5.41) is 9.03. The minimum absolute atomic E-state index is 0.233. The number of nitrogens with zero attached hydrogens (tertiary/aromatic N) is 2. The highest BCUT2D eigenvalue weighted by Gasteiger charge is 2.13. The lowest BCUT2D eigenvalue weighted by atomic mass is 10.1. The van der Waals surface area contributed by atoms with Crippen LogP contribution in [0.2, 0.25) is 0 Å². The average molecular weight is 326 g/mol. The first kappa shape index (κ1) is 15.8. The Morgan fingerprint density at radius 3 is 2.65 bits per heavy atom. The van der Waals surface area contributed by atoms with Crippen LogP contribution in [0, 0.1) is 6.92 Å². The molecule has 4 nitrogen and oxygen atoms in total. The fourth-order valence-corrected chi connectivity index (χ4v) is 3.86. The van der Waals surface area contributed by atoms with E-state index < -0.39 is 0 Å². The van der Waals surface area contributed by atoms with Crippen LogP contribution in [0.5, 0.6) is 0 Å². The van der Waals surface area contributed by atoms with E-state index in [0.717, 1.165) is 11.4 Å². The standard InChI is InChI=1S/C18H22N4S/c1-13-12-20-22(2)18(13)16-8-9-17(23-16)21-15(11-19)10-14-6-4-3-5-7-14/h3-9,12,15,21H,10-11,19H2,1-2H3. The van der Waals surface area contributed by atoms with E-state index in [9.17, 15) is 0 Å². The third-order valence-electron chi connectivity index (χ3n) is 3.92. The molecule has 5 heteroatoms. The van der Waals surface area contributed by atoms with Crippen molar-refractivity contribution in [2.24, 2.45) is 12.8 Å². The molecule has 0 aliphatic heterocycles. The summed E-state index contributed by atoms with van der Waals surface area (Å²) in [6, 6.07) is 15.0. The van der Waals surface area contributed by atoms with E-state index in [-0.39, 0.29) is 6.04 Å². The van der Waals surface area contributed by atoms with E-state index >= 15 is 0 Å². The number of hydrogen-bond donors (Lipinski definition) is 2. The molecule has 1 atom stereocenters. The van der Waals surface area contributed by atoms with Crippen molar-refractivity contribution in [2.45, 2.75) is 19.4 Å². The Kier molecular flexibility index (Phi) is 4.79. The van der Waals surface area contributed by atoms with Gasteiger partial charge in [0, 0.05) is 19.6 Å². The van der Waals surface area contributed by atoms with Crippen LogP contribution in [0.1, 0.15) is 11.1 Å². The van der Waals surface area contributed by atoms with Gasteiger partial charge in [0.05, 0.1) is 21.8 Å². The molecule has 2 heterocycles. The zero-order chi connectivity index (χ0) is 16.2. The Morgan fingerprint density at radius 1 is 1.22 bits per heavy atom. The van der Waals surface area contributed by atoms with Gasteiger partial charge in [-0.05, 0) is 36.6 Å². The van der Waals surface area contributed by atoms with Crippen molar-refractivity contribution in [2.75, 3.05) is 11.9 Å². The maximum absolute atomic E-state index is 5.95. The van der Waals surface area contributed by atoms with Crippen LogP contribution in [0.15, 0.2) is 48.7 Å². The Bertz CT molecular complexity index is 741. The molecule has 0 amide bonds. The first-order valence-corrected chi connectivity index (χ1v) is 8.58. The van der Waals surface area contributed by atoms with Crippen molar-refractivity contribution < 1.29 is 0 Å².